The predicted octanol–water partition coefficient (Wildman–Crippen LogP) is 2.56. The van der Waals surface area contributed by atoms with Gasteiger partial charge in [-0.05, 0) is 10.8 Å². The molecule has 1 aliphatic rings. The van der Waals surface area contributed by atoms with E-state index in [0.29, 0.717) is 0 Å². The van der Waals surface area contributed by atoms with E-state index in [2.05, 4.69) is 46.5 Å². The Balaban J connectivity index is 3.16. The van der Waals surface area contributed by atoms with E-state index in [-0.39, 0.29) is 28.7 Å². The smallest absolute Gasteiger partial charge is 0.233 e. The summed E-state index contributed by atoms with van der Waals surface area (Å²) in [5, 5.41) is 0. The van der Waals surface area contributed by atoms with Gasteiger partial charge in [0.05, 0.1) is 18.3 Å². The van der Waals surface area contributed by atoms with Crippen molar-refractivity contribution in [3.05, 3.63) is 0 Å². The Morgan fingerprint density at radius 2 is 1.62 bits per heavy atom. The summed E-state index contributed by atoms with van der Waals surface area (Å²) < 4.78 is 0. The maximum Gasteiger partial charge on any atom is 0.233 e. The van der Waals surface area contributed by atoms with Crippen LogP contribution in [0.15, 0.2) is 4.99 Å². The Bertz CT molecular complexity index is 307. The molecule has 1 aliphatic heterocycles. The number of amides is 1. The lowest BCUT2D eigenvalue weighted by Gasteiger charge is -2.43. The van der Waals surface area contributed by atoms with E-state index in [1.165, 1.54) is 0 Å². The normalized spacial score (nSPS) is 27.4. The first kappa shape index (κ1) is 13.2. The van der Waals surface area contributed by atoms with Crippen LogP contribution in [0, 0.1) is 16.7 Å². The molecule has 1 rings (SSSR count). The topological polar surface area (TPSA) is 32.7 Å². The number of aliphatic imine (C=N–C) groups is 1. The molecular formula is C13H24N2O. The van der Waals surface area contributed by atoms with Gasteiger partial charge < -0.3 is 4.90 Å². The molecule has 2 atom stereocenters. The Morgan fingerprint density at radius 3 is 2.00 bits per heavy atom. The van der Waals surface area contributed by atoms with Crippen LogP contribution in [0.25, 0.3) is 0 Å². The highest BCUT2D eigenvalue weighted by Crippen LogP contribution is 2.40. The first-order chi connectivity index (χ1) is 7.05. The van der Waals surface area contributed by atoms with Crippen LogP contribution in [0.4, 0.5) is 0 Å². The number of carbonyl (C=O) groups excluding carboxylic acids is 1. The molecule has 16 heavy (non-hydrogen) atoms. The van der Waals surface area contributed by atoms with Crippen LogP contribution in [0.5, 0.6) is 0 Å². The van der Waals surface area contributed by atoms with E-state index in [9.17, 15) is 4.79 Å². The zero-order valence-corrected chi connectivity index (χ0v) is 11.5. The van der Waals surface area contributed by atoms with Gasteiger partial charge in [-0.15, -0.1) is 0 Å². The largest absolute Gasteiger partial charge is 0.306 e. The molecule has 1 heterocycles. The van der Waals surface area contributed by atoms with Crippen LogP contribution < -0.4 is 0 Å². The van der Waals surface area contributed by atoms with Gasteiger partial charge >= 0.3 is 0 Å². The lowest BCUT2D eigenvalue weighted by Crippen LogP contribution is -2.52. The Kier molecular flexibility index (Phi) is 3.19. The molecule has 0 aromatic rings. The number of nitrogens with zero attached hydrogens (tertiary/aromatic N) is 2. The van der Waals surface area contributed by atoms with Crippen LogP contribution >= 0.6 is 0 Å². The van der Waals surface area contributed by atoms with Crippen molar-refractivity contribution in [2.75, 3.05) is 7.05 Å². The van der Waals surface area contributed by atoms with Crippen molar-refractivity contribution in [3.63, 3.8) is 0 Å². The second kappa shape index (κ2) is 3.86. The standard InChI is InChI=1S/C13H24N2O/c1-12(2,3)9-10(13(4,5)6)14-8-15(7)11(9)16/h8-10H,1-7H3. The van der Waals surface area contributed by atoms with E-state index in [0.717, 1.165) is 0 Å². The number of rotatable bonds is 0. The van der Waals surface area contributed by atoms with Crippen LogP contribution in [0.1, 0.15) is 41.5 Å². The van der Waals surface area contributed by atoms with Crippen molar-refractivity contribution >= 4 is 12.2 Å². The summed E-state index contributed by atoms with van der Waals surface area (Å²) in [6.07, 6.45) is 1.67. The fourth-order valence-electron chi connectivity index (χ4n) is 2.24. The number of carbonyl (C=O) groups is 1. The van der Waals surface area contributed by atoms with Crippen molar-refractivity contribution in [1.29, 1.82) is 0 Å². The zero-order valence-electron chi connectivity index (χ0n) is 11.5. The summed E-state index contributed by atoms with van der Waals surface area (Å²) in [6.45, 7) is 12.8. The van der Waals surface area contributed by atoms with Gasteiger partial charge in [-0.1, -0.05) is 41.5 Å². The molecule has 2 unspecified atom stereocenters. The summed E-state index contributed by atoms with van der Waals surface area (Å²) in [4.78, 5) is 18.4. The average molecular weight is 224 g/mol. The highest BCUT2D eigenvalue weighted by Gasteiger charge is 2.45. The van der Waals surface area contributed by atoms with E-state index < -0.39 is 0 Å². The quantitative estimate of drug-likeness (QED) is 0.622. The maximum absolute atomic E-state index is 12.3. The summed E-state index contributed by atoms with van der Waals surface area (Å²) >= 11 is 0. The molecule has 3 heteroatoms. The summed E-state index contributed by atoms with van der Waals surface area (Å²) in [6, 6.07) is 0.0659. The SMILES string of the molecule is CN1C=NC(C(C)(C)C)C(C(C)(C)C)C1=O. The molecule has 0 fully saturated rings. The molecule has 0 N–H and O–H groups in total. The molecule has 0 saturated carbocycles. The molecular weight excluding hydrogens is 200 g/mol. The van der Waals surface area contributed by atoms with Gasteiger partial charge in [-0.2, -0.15) is 0 Å². The highest BCUT2D eigenvalue weighted by atomic mass is 16.2. The highest BCUT2D eigenvalue weighted by molar-refractivity contribution is 5.92. The lowest BCUT2D eigenvalue weighted by molar-refractivity contribution is -0.137. The van der Waals surface area contributed by atoms with E-state index >= 15 is 0 Å². The van der Waals surface area contributed by atoms with Crippen molar-refractivity contribution < 1.29 is 4.79 Å². The summed E-state index contributed by atoms with van der Waals surface area (Å²) in [5.74, 6) is 0.143. The van der Waals surface area contributed by atoms with Gasteiger partial charge in [0.15, 0.2) is 0 Å². The fraction of sp³-hybridized carbons (Fsp3) is 0.846. The van der Waals surface area contributed by atoms with Crippen LogP contribution in [-0.2, 0) is 4.79 Å². The second-order valence-corrected chi connectivity index (χ2v) is 6.87. The van der Waals surface area contributed by atoms with Crippen molar-refractivity contribution in [2.24, 2.45) is 21.7 Å². The molecule has 0 spiro atoms. The van der Waals surface area contributed by atoms with Crippen LogP contribution in [-0.4, -0.2) is 30.2 Å². The van der Waals surface area contributed by atoms with Gasteiger partial charge in [0, 0.05) is 7.05 Å². The van der Waals surface area contributed by atoms with E-state index in [1.54, 1.807) is 18.3 Å². The van der Waals surface area contributed by atoms with Gasteiger partial charge in [0.2, 0.25) is 5.91 Å². The zero-order chi connectivity index (χ0) is 12.7. The molecule has 0 saturated heterocycles. The van der Waals surface area contributed by atoms with Crippen LogP contribution in [0.3, 0.4) is 0 Å². The molecule has 92 valence electrons. The Labute approximate surface area is 98.9 Å². The minimum absolute atomic E-state index is 0.0192. The predicted molar refractivity (Wildman–Crippen MR) is 67.5 cm³/mol. The first-order valence-electron chi connectivity index (χ1n) is 5.85. The third-order valence-electron chi connectivity index (χ3n) is 3.15. The first-order valence-corrected chi connectivity index (χ1v) is 5.85. The Morgan fingerprint density at radius 1 is 1.12 bits per heavy atom. The van der Waals surface area contributed by atoms with Crippen molar-refractivity contribution in [3.8, 4) is 0 Å². The third-order valence-corrected chi connectivity index (χ3v) is 3.15. The maximum atomic E-state index is 12.3. The van der Waals surface area contributed by atoms with Gasteiger partial charge in [-0.3, -0.25) is 9.79 Å². The minimum Gasteiger partial charge on any atom is -0.306 e. The molecule has 0 radical (unpaired) electrons. The Hall–Kier alpha value is -0.860. The van der Waals surface area contributed by atoms with E-state index in [1.807, 2.05) is 0 Å². The molecule has 3 nitrogen and oxygen atoms in total. The summed E-state index contributed by atoms with van der Waals surface area (Å²) in [7, 11) is 1.78. The lowest BCUT2D eigenvalue weighted by atomic mass is 9.67. The van der Waals surface area contributed by atoms with Crippen molar-refractivity contribution in [1.82, 2.24) is 4.90 Å². The molecule has 0 aliphatic carbocycles. The fourth-order valence-corrected chi connectivity index (χ4v) is 2.24. The van der Waals surface area contributed by atoms with Gasteiger partial charge in [0.1, 0.15) is 0 Å². The summed E-state index contributed by atoms with van der Waals surface area (Å²) in [5.41, 5.74) is -0.0353. The molecule has 1 amide bonds. The monoisotopic (exact) mass is 224 g/mol. The third kappa shape index (κ3) is 2.45. The second-order valence-electron chi connectivity index (χ2n) is 6.87. The number of hydrogen-bond acceptors (Lipinski definition) is 2. The van der Waals surface area contributed by atoms with Gasteiger partial charge in [-0.25, -0.2) is 0 Å². The number of hydrogen-bond donors (Lipinski definition) is 0. The van der Waals surface area contributed by atoms with E-state index in [4.69, 9.17) is 0 Å². The molecule has 0 bridgehead atoms. The molecule has 0 aromatic heterocycles. The van der Waals surface area contributed by atoms with Crippen LogP contribution in [0.2, 0.25) is 0 Å². The van der Waals surface area contributed by atoms with Gasteiger partial charge in [0.25, 0.3) is 0 Å². The van der Waals surface area contributed by atoms with Crippen molar-refractivity contribution in [2.45, 2.75) is 47.6 Å². The average Bonchev–Trinajstić information content (AvgIpc) is 2.05. The minimum atomic E-state index is -0.0545. The molecule has 0 aromatic carbocycles.